The van der Waals surface area contributed by atoms with Crippen molar-refractivity contribution >= 4 is 8.15 Å². The fourth-order valence-electron chi connectivity index (χ4n) is 2.37. The molecule has 1 nitrogen and oxygen atoms in total. The van der Waals surface area contributed by atoms with E-state index in [0.717, 1.165) is 18.7 Å². The molecule has 1 rings (SSSR count). The fourth-order valence-corrected chi connectivity index (χ4v) is 3.18. The van der Waals surface area contributed by atoms with Crippen LogP contribution >= 0.6 is 8.15 Å². The van der Waals surface area contributed by atoms with Gasteiger partial charge in [-0.3, -0.25) is 0 Å². The second-order valence-corrected chi connectivity index (χ2v) is 9.76. The van der Waals surface area contributed by atoms with Crippen molar-refractivity contribution in [3.8, 4) is 0 Å². The Bertz CT molecular complexity index is 438. The largest absolute Gasteiger partial charge is 0.374 e. The smallest absolute Gasteiger partial charge is 0.0251 e. The molecular formula is C18H31OP. The van der Waals surface area contributed by atoms with Crippen LogP contribution in [0.5, 0.6) is 0 Å². The average molecular weight is 294 g/mol. The zero-order chi connectivity index (χ0) is 15.6. The van der Waals surface area contributed by atoms with E-state index in [2.05, 4.69) is 66.7 Å². The molecule has 0 fully saturated rings. The van der Waals surface area contributed by atoms with Crippen molar-refractivity contribution in [2.75, 3.05) is 12.3 Å². The molecule has 0 bridgehead atoms. The van der Waals surface area contributed by atoms with Crippen LogP contribution in [0.4, 0.5) is 0 Å². The molecule has 1 N–H and O–H groups in total. The molecule has 0 saturated carbocycles. The molecule has 1 aromatic rings. The van der Waals surface area contributed by atoms with Crippen LogP contribution in [0.3, 0.4) is 0 Å². The van der Waals surface area contributed by atoms with Crippen LogP contribution in [0, 0.1) is 0 Å². The van der Waals surface area contributed by atoms with Crippen LogP contribution in [0.25, 0.3) is 0 Å². The van der Waals surface area contributed by atoms with Crippen molar-refractivity contribution in [2.45, 2.75) is 65.7 Å². The van der Waals surface area contributed by atoms with E-state index < -0.39 is 8.15 Å². The fraction of sp³-hybridized carbons (Fsp3) is 0.667. The second-order valence-electron chi connectivity index (χ2n) is 7.67. The highest BCUT2D eigenvalue weighted by Gasteiger charge is 2.22. The molecule has 0 spiro atoms. The zero-order valence-electron chi connectivity index (χ0n) is 14.2. The highest BCUT2D eigenvalue weighted by molar-refractivity contribution is 7.51. The molecule has 0 aromatic heterocycles. The molecule has 0 aliphatic carbocycles. The van der Waals surface area contributed by atoms with Crippen LogP contribution in [-0.4, -0.2) is 17.2 Å². The molecule has 0 aliphatic rings. The Morgan fingerprint density at radius 2 is 1.60 bits per heavy atom. The summed E-state index contributed by atoms with van der Waals surface area (Å²) in [6.45, 7) is 15.7. The average Bonchev–Trinajstić information content (AvgIpc) is 2.33. The highest BCUT2D eigenvalue weighted by atomic mass is 31.1. The Kier molecular flexibility index (Phi) is 5.81. The van der Waals surface area contributed by atoms with Gasteiger partial charge >= 0.3 is 0 Å². The van der Waals surface area contributed by atoms with Gasteiger partial charge in [0, 0.05) is 8.15 Å². The molecule has 1 atom stereocenters. The minimum absolute atomic E-state index is 0.154. The van der Waals surface area contributed by atoms with Crippen molar-refractivity contribution in [3.05, 3.63) is 34.9 Å². The summed E-state index contributed by atoms with van der Waals surface area (Å²) in [5.74, 6) is 0. The highest BCUT2D eigenvalue weighted by Crippen LogP contribution is 2.34. The molecule has 1 aromatic carbocycles. The predicted octanol–water partition coefficient (Wildman–Crippen LogP) is 5.23. The first-order valence-electron chi connectivity index (χ1n) is 7.63. The molecule has 0 amide bonds. The van der Waals surface area contributed by atoms with Crippen molar-refractivity contribution in [1.29, 1.82) is 0 Å². The van der Waals surface area contributed by atoms with Crippen LogP contribution < -0.4 is 0 Å². The summed E-state index contributed by atoms with van der Waals surface area (Å²) in [5, 5.41) is 0. The van der Waals surface area contributed by atoms with Gasteiger partial charge in [0.05, 0.1) is 0 Å². The zero-order valence-corrected chi connectivity index (χ0v) is 15.1. The number of rotatable bonds is 4. The third kappa shape index (κ3) is 4.86. The third-order valence-electron chi connectivity index (χ3n) is 3.79. The lowest BCUT2D eigenvalue weighted by atomic mass is 9.78. The lowest BCUT2D eigenvalue weighted by Gasteiger charge is -2.28. The van der Waals surface area contributed by atoms with Gasteiger partial charge in [0.2, 0.25) is 0 Å². The van der Waals surface area contributed by atoms with E-state index in [1.807, 2.05) is 0 Å². The van der Waals surface area contributed by atoms with Crippen molar-refractivity contribution in [1.82, 2.24) is 0 Å². The maximum Gasteiger partial charge on any atom is 0.0251 e. The van der Waals surface area contributed by atoms with Gasteiger partial charge in [0.15, 0.2) is 0 Å². The summed E-state index contributed by atoms with van der Waals surface area (Å²) in [6, 6.07) is 6.91. The number of aryl methyl sites for hydroxylation is 1. The van der Waals surface area contributed by atoms with Gasteiger partial charge in [-0.15, -0.1) is 0 Å². The monoisotopic (exact) mass is 294 g/mol. The molecule has 0 heterocycles. The van der Waals surface area contributed by atoms with E-state index >= 15 is 0 Å². The summed E-state index contributed by atoms with van der Waals surface area (Å²) in [4.78, 5) is 9.86. The summed E-state index contributed by atoms with van der Waals surface area (Å²) >= 11 is 0. The van der Waals surface area contributed by atoms with Gasteiger partial charge in [0.1, 0.15) is 0 Å². The van der Waals surface area contributed by atoms with E-state index in [0.29, 0.717) is 0 Å². The van der Waals surface area contributed by atoms with Gasteiger partial charge in [-0.05, 0) is 46.3 Å². The van der Waals surface area contributed by atoms with E-state index in [1.165, 1.54) is 16.7 Å². The topological polar surface area (TPSA) is 20.2 Å². The van der Waals surface area contributed by atoms with Crippen molar-refractivity contribution in [3.63, 3.8) is 0 Å². The Hall–Kier alpha value is -0.390. The first-order valence-corrected chi connectivity index (χ1v) is 9.30. The van der Waals surface area contributed by atoms with Crippen LogP contribution in [-0.2, 0) is 17.3 Å². The lowest BCUT2D eigenvalue weighted by molar-refractivity contribution is 0.563. The molecule has 20 heavy (non-hydrogen) atoms. The van der Waals surface area contributed by atoms with Gasteiger partial charge < -0.3 is 4.89 Å². The molecule has 2 heteroatoms. The Morgan fingerprint density at radius 1 is 1.00 bits per heavy atom. The SMILES string of the molecule is CCP(O)CCc1ccc(C(C)(C)C)cc1C(C)(C)C. The molecule has 114 valence electrons. The first-order chi connectivity index (χ1) is 9.05. The minimum Gasteiger partial charge on any atom is -0.374 e. The van der Waals surface area contributed by atoms with E-state index in [4.69, 9.17) is 0 Å². The normalized spacial score (nSPS) is 14.4. The van der Waals surface area contributed by atoms with E-state index in [1.54, 1.807) is 0 Å². The molecule has 0 radical (unpaired) electrons. The lowest BCUT2D eigenvalue weighted by Crippen LogP contribution is -2.18. The van der Waals surface area contributed by atoms with E-state index in [9.17, 15) is 4.89 Å². The van der Waals surface area contributed by atoms with Crippen LogP contribution in [0.2, 0.25) is 0 Å². The number of benzene rings is 1. The van der Waals surface area contributed by atoms with Gasteiger partial charge in [-0.2, -0.15) is 0 Å². The second kappa shape index (κ2) is 6.58. The van der Waals surface area contributed by atoms with Crippen molar-refractivity contribution in [2.24, 2.45) is 0 Å². The molecule has 0 aliphatic heterocycles. The maximum absolute atomic E-state index is 9.86. The molecule has 1 unspecified atom stereocenters. The van der Waals surface area contributed by atoms with Crippen LogP contribution in [0.15, 0.2) is 18.2 Å². The van der Waals surface area contributed by atoms with Crippen LogP contribution in [0.1, 0.15) is 65.2 Å². The summed E-state index contributed by atoms with van der Waals surface area (Å²) in [7, 11) is -0.781. The maximum atomic E-state index is 9.86. The predicted molar refractivity (Wildman–Crippen MR) is 92.1 cm³/mol. The molecule has 0 saturated heterocycles. The third-order valence-corrected chi connectivity index (χ3v) is 5.26. The number of hydrogen-bond acceptors (Lipinski definition) is 1. The Morgan fingerprint density at radius 3 is 2.05 bits per heavy atom. The summed E-state index contributed by atoms with van der Waals surface area (Å²) in [6.07, 6.45) is 2.82. The first kappa shape index (κ1) is 17.7. The van der Waals surface area contributed by atoms with Gasteiger partial charge in [0.25, 0.3) is 0 Å². The quantitative estimate of drug-likeness (QED) is 0.754. The van der Waals surface area contributed by atoms with E-state index in [-0.39, 0.29) is 10.8 Å². The molecular weight excluding hydrogens is 263 g/mol. The summed E-state index contributed by atoms with van der Waals surface area (Å²) in [5.41, 5.74) is 4.57. The standard InChI is InChI=1S/C18H31OP/c1-8-20(19)12-11-14-9-10-15(17(2,3)4)13-16(14)18(5,6)7/h9-10,13,19H,8,11-12H2,1-7H3. The number of hydrogen-bond donors (Lipinski definition) is 1. The van der Waals surface area contributed by atoms with Gasteiger partial charge in [-0.25, -0.2) is 0 Å². The Labute approximate surface area is 126 Å². The van der Waals surface area contributed by atoms with Crippen molar-refractivity contribution < 1.29 is 4.89 Å². The minimum atomic E-state index is -0.781. The Balaban J connectivity index is 3.12. The summed E-state index contributed by atoms with van der Waals surface area (Å²) < 4.78 is 0. The van der Waals surface area contributed by atoms with Gasteiger partial charge in [-0.1, -0.05) is 66.7 Å².